The van der Waals surface area contributed by atoms with E-state index in [0.29, 0.717) is 5.56 Å². The standard InChI is InChI=1S/C15H9N3O5/c16-9-12(10-1-3-13(4-2-10)17(20)21)7-11-8-14(19)5-6-15(11)18(22)23/h1-8,19H/b12-7-. The highest BCUT2D eigenvalue weighted by molar-refractivity contribution is 5.91. The van der Waals surface area contributed by atoms with E-state index in [-0.39, 0.29) is 28.3 Å². The van der Waals surface area contributed by atoms with Gasteiger partial charge in [-0.2, -0.15) is 5.26 Å². The lowest BCUT2D eigenvalue weighted by atomic mass is 10.0. The number of nitro benzene ring substituents is 2. The van der Waals surface area contributed by atoms with Gasteiger partial charge >= 0.3 is 0 Å². The van der Waals surface area contributed by atoms with Crippen molar-refractivity contribution < 1.29 is 15.0 Å². The third-order valence-corrected chi connectivity index (χ3v) is 3.02. The molecule has 0 unspecified atom stereocenters. The van der Waals surface area contributed by atoms with Gasteiger partial charge in [-0.15, -0.1) is 0 Å². The van der Waals surface area contributed by atoms with E-state index in [1.54, 1.807) is 0 Å². The molecule has 2 aromatic carbocycles. The Hall–Kier alpha value is -3.73. The number of aromatic hydroxyl groups is 1. The molecule has 0 spiro atoms. The van der Waals surface area contributed by atoms with Gasteiger partial charge in [0.1, 0.15) is 5.75 Å². The zero-order valence-electron chi connectivity index (χ0n) is 11.5. The predicted octanol–water partition coefficient (Wildman–Crippen LogP) is 3.27. The molecule has 1 N–H and O–H groups in total. The molecule has 114 valence electrons. The summed E-state index contributed by atoms with van der Waals surface area (Å²) >= 11 is 0. The molecule has 2 rings (SSSR count). The first kappa shape index (κ1) is 15.7. The van der Waals surface area contributed by atoms with Crippen LogP contribution in [0.2, 0.25) is 0 Å². The Labute approximate surface area is 129 Å². The Morgan fingerprint density at radius 3 is 2.26 bits per heavy atom. The Balaban J connectivity index is 2.51. The highest BCUT2D eigenvalue weighted by Crippen LogP contribution is 2.28. The number of hydrogen-bond donors (Lipinski definition) is 1. The lowest BCUT2D eigenvalue weighted by Gasteiger charge is -2.02. The molecule has 0 atom stereocenters. The normalized spacial score (nSPS) is 10.8. The summed E-state index contributed by atoms with van der Waals surface area (Å²) in [6.45, 7) is 0. The third kappa shape index (κ3) is 3.48. The van der Waals surface area contributed by atoms with Gasteiger partial charge in [-0.25, -0.2) is 0 Å². The molecular formula is C15H9N3O5. The van der Waals surface area contributed by atoms with Gasteiger partial charge in [-0.1, -0.05) is 0 Å². The molecular weight excluding hydrogens is 302 g/mol. The van der Waals surface area contributed by atoms with Crippen LogP contribution in [-0.2, 0) is 0 Å². The average Bonchev–Trinajstić information content (AvgIpc) is 2.52. The fourth-order valence-electron chi connectivity index (χ4n) is 1.92. The van der Waals surface area contributed by atoms with Gasteiger partial charge in [0.2, 0.25) is 0 Å². The van der Waals surface area contributed by atoms with Crippen molar-refractivity contribution in [3.63, 3.8) is 0 Å². The van der Waals surface area contributed by atoms with Crippen LogP contribution in [0.1, 0.15) is 11.1 Å². The van der Waals surface area contributed by atoms with E-state index < -0.39 is 9.85 Å². The summed E-state index contributed by atoms with van der Waals surface area (Å²) < 4.78 is 0. The van der Waals surface area contributed by atoms with Gasteiger partial charge in [0.05, 0.1) is 27.1 Å². The summed E-state index contributed by atoms with van der Waals surface area (Å²) in [6, 6.07) is 10.6. The van der Waals surface area contributed by atoms with Crippen molar-refractivity contribution in [3.05, 3.63) is 73.8 Å². The maximum atomic E-state index is 11.0. The SMILES string of the molecule is N#C/C(=C/c1cc(O)ccc1[N+](=O)[O-])c1ccc([N+](=O)[O-])cc1. The number of nitrogens with zero attached hydrogens (tertiary/aromatic N) is 3. The molecule has 0 saturated carbocycles. The minimum atomic E-state index is -0.629. The summed E-state index contributed by atoms with van der Waals surface area (Å²) in [5.74, 6) is -0.178. The molecule has 0 aliphatic rings. The molecule has 0 aromatic heterocycles. The average molecular weight is 311 g/mol. The molecule has 0 amide bonds. The summed E-state index contributed by atoms with van der Waals surface area (Å²) in [6.07, 6.45) is 1.25. The maximum Gasteiger partial charge on any atom is 0.276 e. The second-order valence-electron chi connectivity index (χ2n) is 4.47. The molecule has 0 aliphatic heterocycles. The minimum absolute atomic E-state index is 0.0601. The van der Waals surface area contributed by atoms with E-state index >= 15 is 0 Å². The van der Waals surface area contributed by atoms with Crippen molar-refractivity contribution in [2.24, 2.45) is 0 Å². The molecule has 0 saturated heterocycles. The van der Waals surface area contributed by atoms with Crippen LogP contribution in [0.25, 0.3) is 11.6 Å². The molecule has 2 aromatic rings. The topological polar surface area (TPSA) is 130 Å². The molecule has 0 bridgehead atoms. The third-order valence-electron chi connectivity index (χ3n) is 3.02. The number of hydrogen-bond acceptors (Lipinski definition) is 6. The molecule has 0 radical (unpaired) electrons. The monoisotopic (exact) mass is 311 g/mol. The van der Waals surface area contributed by atoms with Crippen molar-refractivity contribution in [2.75, 3.05) is 0 Å². The second kappa shape index (κ2) is 6.36. The van der Waals surface area contributed by atoms with Crippen molar-refractivity contribution in [3.8, 4) is 11.8 Å². The van der Waals surface area contributed by atoms with Crippen LogP contribution in [0.5, 0.6) is 5.75 Å². The Morgan fingerprint density at radius 2 is 1.74 bits per heavy atom. The molecule has 0 aliphatic carbocycles. The lowest BCUT2D eigenvalue weighted by molar-refractivity contribution is -0.385. The van der Waals surface area contributed by atoms with Crippen LogP contribution in [0, 0.1) is 31.6 Å². The highest BCUT2D eigenvalue weighted by Gasteiger charge is 2.14. The van der Waals surface area contributed by atoms with Crippen LogP contribution in [-0.4, -0.2) is 15.0 Å². The number of rotatable bonds is 4. The van der Waals surface area contributed by atoms with Gasteiger partial charge in [-0.05, 0) is 35.9 Å². The van der Waals surface area contributed by atoms with Gasteiger partial charge in [-0.3, -0.25) is 20.2 Å². The van der Waals surface area contributed by atoms with Crippen LogP contribution >= 0.6 is 0 Å². The van der Waals surface area contributed by atoms with Gasteiger partial charge in [0, 0.05) is 18.2 Å². The Kier molecular flexibility index (Phi) is 4.33. The van der Waals surface area contributed by atoms with E-state index in [9.17, 15) is 30.6 Å². The number of non-ortho nitro benzene ring substituents is 1. The fourth-order valence-corrected chi connectivity index (χ4v) is 1.92. The number of phenolic OH excluding ortho intramolecular Hbond substituents is 1. The van der Waals surface area contributed by atoms with E-state index in [0.717, 1.165) is 6.07 Å². The Bertz CT molecular complexity index is 850. The molecule has 8 heteroatoms. The largest absolute Gasteiger partial charge is 0.508 e. The minimum Gasteiger partial charge on any atom is -0.508 e. The van der Waals surface area contributed by atoms with Gasteiger partial charge < -0.3 is 5.11 Å². The van der Waals surface area contributed by atoms with E-state index in [2.05, 4.69) is 0 Å². The number of nitriles is 1. The van der Waals surface area contributed by atoms with Crippen LogP contribution in [0.4, 0.5) is 11.4 Å². The highest BCUT2D eigenvalue weighted by atomic mass is 16.6. The number of allylic oxidation sites excluding steroid dienone is 1. The van der Waals surface area contributed by atoms with Crippen LogP contribution < -0.4 is 0 Å². The predicted molar refractivity (Wildman–Crippen MR) is 81.3 cm³/mol. The lowest BCUT2D eigenvalue weighted by Crippen LogP contribution is -1.92. The molecule has 0 heterocycles. The molecule has 8 nitrogen and oxygen atoms in total. The maximum absolute atomic E-state index is 11.0. The van der Waals surface area contributed by atoms with Crippen molar-refractivity contribution in [1.82, 2.24) is 0 Å². The fraction of sp³-hybridized carbons (Fsp3) is 0. The van der Waals surface area contributed by atoms with Crippen molar-refractivity contribution in [1.29, 1.82) is 5.26 Å². The first-order chi connectivity index (χ1) is 10.9. The van der Waals surface area contributed by atoms with Gasteiger partial charge in [0.25, 0.3) is 11.4 Å². The van der Waals surface area contributed by atoms with Crippen LogP contribution in [0.15, 0.2) is 42.5 Å². The van der Waals surface area contributed by atoms with Gasteiger partial charge in [0.15, 0.2) is 0 Å². The first-order valence-electron chi connectivity index (χ1n) is 6.26. The number of benzene rings is 2. The van der Waals surface area contributed by atoms with Crippen molar-refractivity contribution >= 4 is 23.0 Å². The summed E-state index contributed by atoms with van der Waals surface area (Å²) in [5.41, 5.74) is 0.112. The van der Waals surface area contributed by atoms with E-state index in [4.69, 9.17) is 0 Å². The van der Waals surface area contributed by atoms with Crippen LogP contribution in [0.3, 0.4) is 0 Å². The van der Waals surface area contributed by atoms with E-state index in [1.807, 2.05) is 6.07 Å². The number of nitro groups is 2. The summed E-state index contributed by atoms with van der Waals surface area (Å²) in [5, 5.41) is 40.3. The number of phenols is 1. The zero-order chi connectivity index (χ0) is 17.0. The first-order valence-corrected chi connectivity index (χ1v) is 6.26. The summed E-state index contributed by atoms with van der Waals surface area (Å²) in [4.78, 5) is 20.4. The van der Waals surface area contributed by atoms with Crippen molar-refractivity contribution in [2.45, 2.75) is 0 Å². The van der Waals surface area contributed by atoms with E-state index in [1.165, 1.54) is 42.5 Å². The second-order valence-corrected chi connectivity index (χ2v) is 4.47. The molecule has 23 heavy (non-hydrogen) atoms. The summed E-state index contributed by atoms with van der Waals surface area (Å²) in [7, 11) is 0. The zero-order valence-corrected chi connectivity index (χ0v) is 11.5. The molecule has 0 fully saturated rings. The quantitative estimate of drug-likeness (QED) is 0.399. The Morgan fingerprint density at radius 1 is 1.09 bits per heavy atom. The smallest absolute Gasteiger partial charge is 0.276 e.